The molecule has 0 bridgehead atoms. The largest absolute Gasteiger partial charge is 0.450 e. The van der Waals surface area contributed by atoms with E-state index in [-0.39, 0.29) is 12.1 Å². The fraction of sp³-hybridized carbons (Fsp3) is 0.353. The van der Waals surface area contributed by atoms with E-state index < -0.39 is 0 Å². The second-order valence-electron chi connectivity index (χ2n) is 5.45. The summed E-state index contributed by atoms with van der Waals surface area (Å²) in [5, 5.41) is 0. The fourth-order valence-electron chi connectivity index (χ4n) is 2.34. The van der Waals surface area contributed by atoms with Crippen molar-refractivity contribution in [1.29, 1.82) is 0 Å². The van der Waals surface area contributed by atoms with Gasteiger partial charge in [0, 0.05) is 23.2 Å². The number of nitrogens with zero attached hydrogens (tertiary/aromatic N) is 2. The molecule has 114 valence electrons. The summed E-state index contributed by atoms with van der Waals surface area (Å²) in [4.78, 5) is 22.1. The van der Waals surface area contributed by atoms with Crippen LogP contribution in [0.15, 0.2) is 41.6 Å². The molecule has 4 nitrogen and oxygen atoms in total. The van der Waals surface area contributed by atoms with Crippen LogP contribution in [0.25, 0.3) is 0 Å². The standard InChI is InChI=1S/C17H18N2O2S/c1-11-4-7-13(22-2)10-14(11)17(20)21-15(12-5-6-12)16-18-8-3-9-19-16/h3-4,7-10,12,15H,5-6H2,1-2H3. The molecule has 5 heteroatoms. The topological polar surface area (TPSA) is 52.1 Å². The summed E-state index contributed by atoms with van der Waals surface area (Å²) in [5.41, 5.74) is 1.54. The average Bonchev–Trinajstić information content (AvgIpc) is 3.38. The maximum absolute atomic E-state index is 12.6. The van der Waals surface area contributed by atoms with E-state index in [2.05, 4.69) is 9.97 Å². The van der Waals surface area contributed by atoms with Crippen LogP contribution in [-0.2, 0) is 4.74 Å². The quantitative estimate of drug-likeness (QED) is 0.620. The third kappa shape index (κ3) is 3.30. The minimum absolute atomic E-state index is 0.294. The number of aryl methyl sites for hydroxylation is 1. The van der Waals surface area contributed by atoms with Gasteiger partial charge in [-0.2, -0.15) is 0 Å². The number of aromatic nitrogens is 2. The Kier molecular flexibility index (Phi) is 4.43. The van der Waals surface area contributed by atoms with Crippen LogP contribution in [0.3, 0.4) is 0 Å². The Morgan fingerprint density at radius 2 is 2.05 bits per heavy atom. The maximum Gasteiger partial charge on any atom is 0.339 e. The third-order valence-corrected chi connectivity index (χ3v) is 4.51. The van der Waals surface area contributed by atoms with Crippen molar-refractivity contribution in [3.8, 4) is 0 Å². The van der Waals surface area contributed by atoms with Gasteiger partial charge in [0.1, 0.15) is 0 Å². The Morgan fingerprint density at radius 1 is 1.32 bits per heavy atom. The molecular formula is C17H18N2O2S. The molecule has 1 aliphatic rings. The van der Waals surface area contributed by atoms with Crippen LogP contribution in [0.4, 0.5) is 0 Å². The minimum atomic E-state index is -0.342. The molecular weight excluding hydrogens is 296 g/mol. The molecule has 0 N–H and O–H groups in total. The second kappa shape index (κ2) is 6.48. The normalized spacial score (nSPS) is 15.4. The first-order valence-corrected chi connectivity index (χ1v) is 8.54. The van der Waals surface area contributed by atoms with Crippen molar-refractivity contribution >= 4 is 17.7 Å². The Labute approximate surface area is 134 Å². The molecule has 1 fully saturated rings. The van der Waals surface area contributed by atoms with Crippen molar-refractivity contribution in [2.45, 2.75) is 30.8 Å². The first kappa shape index (κ1) is 15.0. The summed E-state index contributed by atoms with van der Waals surface area (Å²) < 4.78 is 5.75. The van der Waals surface area contributed by atoms with Crippen molar-refractivity contribution in [3.63, 3.8) is 0 Å². The fourth-order valence-corrected chi connectivity index (χ4v) is 2.78. The first-order chi connectivity index (χ1) is 10.7. The van der Waals surface area contributed by atoms with Crippen LogP contribution < -0.4 is 0 Å². The van der Waals surface area contributed by atoms with E-state index in [0.717, 1.165) is 23.3 Å². The Bertz CT molecular complexity index is 672. The smallest absolute Gasteiger partial charge is 0.339 e. The highest BCUT2D eigenvalue weighted by Gasteiger charge is 2.37. The van der Waals surface area contributed by atoms with Crippen LogP contribution in [0.5, 0.6) is 0 Å². The van der Waals surface area contributed by atoms with Crippen LogP contribution in [0, 0.1) is 12.8 Å². The SMILES string of the molecule is CSc1ccc(C)c(C(=O)OC(c2ncccn2)C2CC2)c1. The van der Waals surface area contributed by atoms with Gasteiger partial charge in [-0.1, -0.05) is 6.07 Å². The number of hydrogen-bond acceptors (Lipinski definition) is 5. The third-order valence-electron chi connectivity index (χ3n) is 3.79. The van der Waals surface area contributed by atoms with Crippen molar-refractivity contribution in [3.05, 3.63) is 53.6 Å². The zero-order valence-electron chi connectivity index (χ0n) is 12.7. The van der Waals surface area contributed by atoms with Gasteiger partial charge in [-0.05, 0) is 49.8 Å². The number of carbonyl (C=O) groups is 1. The molecule has 1 saturated carbocycles. The molecule has 22 heavy (non-hydrogen) atoms. The van der Waals surface area contributed by atoms with E-state index in [1.54, 1.807) is 30.2 Å². The predicted octanol–water partition coefficient (Wildman–Crippen LogP) is 3.82. The molecule has 1 heterocycles. The van der Waals surface area contributed by atoms with Crippen molar-refractivity contribution in [1.82, 2.24) is 9.97 Å². The molecule has 1 unspecified atom stereocenters. The van der Waals surface area contributed by atoms with E-state index in [0.29, 0.717) is 17.3 Å². The molecule has 0 aliphatic heterocycles. The summed E-state index contributed by atoms with van der Waals surface area (Å²) in [6.07, 6.45) is 7.13. The van der Waals surface area contributed by atoms with Crippen molar-refractivity contribution in [2.75, 3.05) is 6.26 Å². The first-order valence-electron chi connectivity index (χ1n) is 7.31. The van der Waals surface area contributed by atoms with Gasteiger partial charge < -0.3 is 4.74 Å². The number of carbonyl (C=O) groups excluding carboxylic acids is 1. The second-order valence-corrected chi connectivity index (χ2v) is 6.33. The van der Waals surface area contributed by atoms with Crippen LogP contribution in [0.2, 0.25) is 0 Å². The molecule has 2 aromatic rings. The van der Waals surface area contributed by atoms with Gasteiger partial charge in [-0.3, -0.25) is 0 Å². The molecule has 0 spiro atoms. The van der Waals surface area contributed by atoms with Gasteiger partial charge in [-0.25, -0.2) is 14.8 Å². The number of rotatable bonds is 5. The van der Waals surface area contributed by atoms with Crippen LogP contribution >= 0.6 is 11.8 Å². The molecule has 1 atom stereocenters. The Hall–Kier alpha value is -1.88. The molecule has 0 radical (unpaired) electrons. The van der Waals surface area contributed by atoms with Gasteiger partial charge in [0.2, 0.25) is 0 Å². The van der Waals surface area contributed by atoms with Crippen LogP contribution in [-0.4, -0.2) is 22.2 Å². The number of ether oxygens (including phenoxy) is 1. The molecule has 0 amide bonds. The molecule has 0 saturated heterocycles. The Morgan fingerprint density at radius 3 is 2.68 bits per heavy atom. The zero-order chi connectivity index (χ0) is 15.5. The van der Waals surface area contributed by atoms with Crippen molar-refractivity contribution < 1.29 is 9.53 Å². The van der Waals surface area contributed by atoms with Crippen LogP contribution in [0.1, 0.15) is 40.7 Å². The summed E-state index contributed by atoms with van der Waals surface area (Å²) in [7, 11) is 0. The summed E-state index contributed by atoms with van der Waals surface area (Å²) >= 11 is 1.61. The van der Waals surface area contributed by atoms with Gasteiger partial charge in [-0.15, -0.1) is 11.8 Å². The van der Waals surface area contributed by atoms with Gasteiger partial charge in [0.05, 0.1) is 5.56 Å². The molecule has 3 rings (SSSR count). The lowest BCUT2D eigenvalue weighted by Crippen LogP contribution is -2.16. The van der Waals surface area contributed by atoms with E-state index in [9.17, 15) is 4.79 Å². The van der Waals surface area contributed by atoms with E-state index >= 15 is 0 Å². The van der Waals surface area contributed by atoms with Gasteiger partial charge in [0.15, 0.2) is 11.9 Å². The molecule has 1 aromatic carbocycles. The monoisotopic (exact) mass is 314 g/mol. The highest BCUT2D eigenvalue weighted by molar-refractivity contribution is 7.98. The highest BCUT2D eigenvalue weighted by Crippen LogP contribution is 2.42. The number of benzene rings is 1. The van der Waals surface area contributed by atoms with Gasteiger partial charge >= 0.3 is 5.97 Å². The zero-order valence-corrected chi connectivity index (χ0v) is 13.5. The molecule has 1 aliphatic carbocycles. The van der Waals surface area contributed by atoms with E-state index in [4.69, 9.17) is 4.74 Å². The summed E-state index contributed by atoms with van der Waals surface area (Å²) in [6, 6.07) is 7.61. The number of esters is 1. The van der Waals surface area contributed by atoms with Crippen molar-refractivity contribution in [2.24, 2.45) is 5.92 Å². The predicted molar refractivity (Wildman–Crippen MR) is 85.9 cm³/mol. The summed E-state index contributed by atoms with van der Waals surface area (Å²) in [6.45, 7) is 1.92. The lowest BCUT2D eigenvalue weighted by Gasteiger charge is -2.17. The average molecular weight is 314 g/mol. The number of thioether (sulfide) groups is 1. The number of hydrogen-bond donors (Lipinski definition) is 0. The summed E-state index contributed by atoms with van der Waals surface area (Å²) in [5.74, 6) is 0.644. The lowest BCUT2D eigenvalue weighted by molar-refractivity contribution is 0.0217. The minimum Gasteiger partial charge on any atom is -0.450 e. The molecule has 1 aromatic heterocycles. The lowest BCUT2D eigenvalue weighted by atomic mass is 10.1. The van der Waals surface area contributed by atoms with Gasteiger partial charge in [0.25, 0.3) is 0 Å². The van der Waals surface area contributed by atoms with E-state index in [1.165, 1.54) is 0 Å². The van der Waals surface area contributed by atoms with E-state index in [1.807, 2.05) is 31.4 Å². The Balaban J connectivity index is 1.83. The highest BCUT2D eigenvalue weighted by atomic mass is 32.2. The maximum atomic E-state index is 12.6.